The summed E-state index contributed by atoms with van der Waals surface area (Å²) in [5.41, 5.74) is 3.88. The van der Waals surface area contributed by atoms with Crippen LogP contribution < -0.4 is 5.32 Å². The van der Waals surface area contributed by atoms with Crippen LogP contribution in [0.15, 0.2) is 18.2 Å². The molecule has 0 aliphatic carbocycles. The quantitative estimate of drug-likeness (QED) is 0.746. The van der Waals surface area contributed by atoms with Crippen LogP contribution in [-0.2, 0) is 5.33 Å². The highest BCUT2D eigenvalue weighted by Gasteiger charge is 2.00. The number of aryl methyl sites for hydroxylation is 1. The van der Waals surface area contributed by atoms with Crippen LogP contribution in [0.2, 0.25) is 0 Å². The van der Waals surface area contributed by atoms with Gasteiger partial charge in [-0.05, 0) is 24.1 Å². The molecule has 0 aromatic heterocycles. The van der Waals surface area contributed by atoms with Gasteiger partial charge in [0.15, 0.2) is 0 Å². The summed E-state index contributed by atoms with van der Waals surface area (Å²) in [6.45, 7) is 2.12. The number of benzene rings is 1. The predicted octanol–water partition coefficient (Wildman–Crippen LogP) is 2.93. The number of hydrogen-bond donors (Lipinski definition) is 1. The highest BCUT2D eigenvalue weighted by atomic mass is 79.9. The van der Waals surface area contributed by atoms with Gasteiger partial charge in [0.1, 0.15) is 0 Å². The highest BCUT2D eigenvalue weighted by Crippen LogP contribution is 2.21. The van der Waals surface area contributed by atoms with Crippen LogP contribution in [0.1, 0.15) is 11.1 Å². The van der Waals surface area contributed by atoms with Gasteiger partial charge in [0.05, 0.1) is 0 Å². The van der Waals surface area contributed by atoms with Crippen molar-refractivity contribution in [1.29, 1.82) is 0 Å². The molecule has 0 radical (unpaired) electrons. The molecule has 0 aliphatic heterocycles. The van der Waals surface area contributed by atoms with Gasteiger partial charge < -0.3 is 5.32 Å². The first-order valence-electron chi connectivity index (χ1n) is 3.61. The van der Waals surface area contributed by atoms with Gasteiger partial charge in [0, 0.05) is 18.1 Å². The number of alkyl halides is 1. The second kappa shape index (κ2) is 3.77. The number of nitrogens with one attached hydrogen (secondary N) is 1. The molecule has 0 unspecified atom stereocenters. The van der Waals surface area contributed by atoms with Crippen LogP contribution in [0.4, 0.5) is 5.69 Å². The van der Waals surface area contributed by atoms with E-state index in [1.807, 2.05) is 7.05 Å². The standard InChI is InChI=1S/C9H12BrN/c1-7-4-3-5-9(11-2)8(7)6-10/h3-5,11H,6H2,1-2H3. The zero-order valence-electron chi connectivity index (χ0n) is 6.82. The van der Waals surface area contributed by atoms with Crippen molar-refractivity contribution in [3.63, 3.8) is 0 Å². The van der Waals surface area contributed by atoms with E-state index in [9.17, 15) is 0 Å². The van der Waals surface area contributed by atoms with Crippen molar-refractivity contribution >= 4 is 21.6 Å². The fourth-order valence-corrected chi connectivity index (χ4v) is 1.86. The molecule has 0 atom stereocenters. The lowest BCUT2D eigenvalue weighted by molar-refractivity contribution is 1.30. The highest BCUT2D eigenvalue weighted by molar-refractivity contribution is 9.08. The fraction of sp³-hybridized carbons (Fsp3) is 0.333. The van der Waals surface area contributed by atoms with E-state index in [1.54, 1.807) is 0 Å². The molecule has 1 nitrogen and oxygen atoms in total. The van der Waals surface area contributed by atoms with Gasteiger partial charge in [-0.1, -0.05) is 28.1 Å². The van der Waals surface area contributed by atoms with Crippen LogP contribution in [0.25, 0.3) is 0 Å². The summed E-state index contributed by atoms with van der Waals surface area (Å²) in [4.78, 5) is 0. The number of rotatable bonds is 2. The number of anilines is 1. The van der Waals surface area contributed by atoms with E-state index < -0.39 is 0 Å². The van der Waals surface area contributed by atoms with Gasteiger partial charge in [-0.3, -0.25) is 0 Å². The molecule has 0 saturated heterocycles. The zero-order valence-corrected chi connectivity index (χ0v) is 8.40. The van der Waals surface area contributed by atoms with Gasteiger partial charge in [0.25, 0.3) is 0 Å². The van der Waals surface area contributed by atoms with E-state index in [4.69, 9.17) is 0 Å². The minimum absolute atomic E-state index is 0.913. The van der Waals surface area contributed by atoms with Crippen LogP contribution in [-0.4, -0.2) is 7.05 Å². The fourth-order valence-electron chi connectivity index (χ4n) is 1.11. The molecular formula is C9H12BrN. The van der Waals surface area contributed by atoms with Crippen molar-refractivity contribution in [3.05, 3.63) is 29.3 Å². The largest absolute Gasteiger partial charge is 0.388 e. The maximum atomic E-state index is 3.46. The molecule has 1 rings (SSSR count). The van der Waals surface area contributed by atoms with Gasteiger partial charge in [0.2, 0.25) is 0 Å². The van der Waals surface area contributed by atoms with Crippen molar-refractivity contribution < 1.29 is 0 Å². The van der Waals surface area contributed by atoms with Crippen LogP contribution >= 0.6 is 15.9 Å². The SMILES string of the molecule is CNc1cccc(C)c1CBr. The van der Waals surface area contributed by atoms with Crippen molar-refractivity contribution in [1.82, 2.24) is 0 Å². The van der Waals surface area contributed by atoms with Gasteiger partial charge in [-0.15, -0.1) is 0 Å². The molecule has 0 aliphatic rings. The average Bonchev–Trinajstić information content (AvgIpc) is 2.04. The second-order valence-electron chi connectivity index (χ2n) is 2.48. The first-order chi connectivity index (χ1) is 5.29. The molecule has 0 amide bonds. The number of hydrogen-bond acceptors (Lipinski definition) is 1. The molecule has 1 N–H and O–H groups in total. The summed E-state index contributed by atoms with van der Waals surface area (Å²) >= 11 is 3.46. The normalized spacial score (nSPS) is 9.73. The Kier molecular flexibility index (Phi) is 2.94. The molecule has 2 heteroatoms. The molecule has 60 valence electrons. The van der Waals surface area contributed by atoms with Crippen LogP contribution in [0.3, 0.4) is 0 Å². The minimum atomic E-state index is 0.913. The van der Waals surface area contributed by atoms with E-state index in [-0.39, 0.29) is 0 Å². The Morgan fingerprint density at radius 1 is 1.45 bits per heavy atom. The summed E-state index contributed by atoms with van der Waals surface area (Å²) in [5, 5.41) is 4.07. The van der Waals surface area contributed by atoms with Crippen molar-refractivity contribution in [3.8, 4) is 0 Å². The molecule has 1 aromatic carbocycles. The summed E-state index contributed by atoms with van der Waals surface area (Å²) < 4.78 is 0. The lowest BCUT2D eigenvalue weighted by atomic mass is 10.1. The monoisotopic (exact) mass is 213 g/mol. The minimum Gasteiger partial charge on any atom is -0.388 e. The maximum Gasteiger partial charge on any atom is 0.0381 e. The number of halogens is 1. The molecule has 0 heterocycles. The second-order valence-corrected chi connectivity index (χ2v) is 3.05. The van der Waals surface area contributed by atoms with Gasteiger partial charge >= 0.3 is 0 Å². The van der Waals surface area contributed by atoms with E-state index in [0.29, 0.717) is 0 Å². The molecule has 1 aromatic rings. The summed E-state index contributed by atoms with van der Waals surface area (Å²) in [6.07, 6.45) is 0. The molecule has 11 heavy (non-hydrogen) atoms. The Labute approximate surface area is 75.9 Å². The smallest absolute Gasteiger partial charge is 0.0381 e. The van der Waals surface area contributed by atoms with E-state index in [1.165, 1.54) is 16.8 Å². The van der Waals surface area contributed by atoms with Crippen molar-refractivity contribution in [2.24, 2.45) is 0 Å². The van der Waals surface area contributed by atoms with E-state index in [0.717, 1.165) is 5.33 Å². The van der Waals surface area contributed by atoms with Crippen molar-refractivity contribution in [2.75, 3.05) is 12.4 Å². The lowest BCUT2D eigenvalue weighted by Crippen LogP contribution is -1.95. The summed E-state index contributed by atoms with van der Waals surface area (Å²) in [7, 11) is 1.95. The molecule has 0 bridgehead atoms. The maximum absolute atomic E-state index is 3.46. The van der Waals surface area contributed by atoms with E-state index >= 15 is 0 Å². The average molecular weight is 214 g/mol. The Morgan fingerprint density at radius 2 is 2.18 bits per heavy atom. The third-order valence-corrected chi connectivity index (χ3v) is 2.37. The predicted molar refractivity (Wildman–Crippen MR) is 53.4 cm³/mol. The van der Waals surface area contributed by atoms with E-state index in [2.05, 4.69) is 46.4 Å². The Hall–Kier alpha value is -0.500. The lowest BCUT2D eigenvalue weighted by Gasteiger charge is -2.08. The zero-order chi connectivity index (χ0) is 8.27. The Morgan fingerprint density at radius 3 is 2.64 bits per heavy atom. The third-order valence-electron chi connectivity index (χ3n) is 1.81. The van der Waals surface area contributed by atoms with Crippen molar-refractivity contribution in [2.45, 2.75) is 12.3 Å². The molecular weight excluding hydrogens is 202 g/mol. The van der Waals surface area contributed by atoms with Crippen LogP contribution in [0.5, 0.6) is 0 Å². The first-order valence-corrected chi connectivity index (χ1v) is 4.74. The summed E-state index contributed by atoms with van der Waals surface area (Å²) in [6, 6.07) is 6.27. The van der Waals surface area contributed by atoms with Gasteiger partial charge in [-0.2, -0.15) is 0 Å². The van der Waals surface area contributed by atoms with Crippen LogP contribution in [0, 0.1) is 6.92 Å². The topological polar surface area (TPSA) is 12.0 Å². The summed E-state index contributed by atoms with van der Waals surface area (Å²) in [5.74, 6) is 0. The Balaban J connectivity index is 3.13. The Bertz CT molecular complexity index is 245. The third kappa shape index (κ3) is 1.74. The van der Waals surface area contributed by atoms with Gasteiger partial charge in [-0.25, -0.2) is 0 Å². The first kappa shape index (κ1) is 8.60. The molecule has 0 fully saturated rings. The molecule has 0 saturated carbocycles. The molecule has 0 spiro atoms.